The molecule has 0 bridgehead atoms. The number of nitrogens with one attached hydrogen (secondary N) is 1. The van der Waals surface area contributed by atoms with Gasteiger partial charge in [0, 0.05) is 23.1 Å². The third kappa shape index (κ3) is 2.37. The number of rotatable bonds is 2. The molecule has 3 aromatic rings. The highest BCUT2D eigenvalue weighted by atomic mass is 32.1. The number of Topliss-reactive ketones (excluding diaryl/α,β-unsaturated/α-hetero) is 1. The van der Waals surface area contributed by atoms with Crippen LogP contribution >= 0.6 is 11.3 Å². The van der Waals surface area contributed by atoms with Crippen LogP contribution in [0, 0.1) is 5.82 Å². The number of hydrogen-bond donors (Lipinski definition) is 2. The molecule has 1 aromatic heterocycles. The van der Waals surface area contributed by atoms with Gasteiger partial charge in [-0.15, -0.1) is 11.3 Å². The maximum absolute atomic E-state index is 13.6. The van der Waals surface area contributed by atoms with E-state index in [1.165, 1.54) is 29.5 Å². The number of phenols is 1. The molecule has 1 atom stereocenters. The van der Waals surface area contributed by atoms with Crippen molar-refractivity contribution >= 4 is 22.1 Å². The molecule has 3 nitrogen and oxygen atoms in total. The zero-order valence-electron chi connectivity index (χ0n) is 12.6. The van der Waals surface area contributed by atoms with Crippen LogP contribution < -0.4 is 5.32 Å². The van der Waals surface area contributed by atoms with Gasteiger partial charge in [-0.2, -0.15) is 0 Å². The molecule has 5 heteroatoms. The van der Waals surface area contributed by atoms with Crippen molar-refractivity contribution < 1.29 is 14.3 Å². The number of benzene rings is 2. The number of halogens is 1. The minimum Gasteiger partial charge on any atom is -0.507 e. The summed E-state index contributed by atoms with van der Waals surface area (Å²) in [6.45, 7) is 0.533. The van der Waals surface area contributed by atoms with E-state index in [0.717, 1.165) is 10.6 Å². The first-order chi connectivity index (χ1) is 11.6. The van der Waals surface area contributed by atoms with Crippen molar-refractivity contribution in [3.8, 4) is 16.9 Å². The van der Waals surface area contributed by atoms with Crippen LogP contribution in [-0.4, -0.2) is 17.4 Å². The number of aromatic hydroxyl groups is 1. The highest BCUT2D eigenvalue weighted by Gasteiger charge is 2.32. The minimum absolute atomic E-state index is 0.00476. The summed E-state index contributed by atoms with van der Waals surface area (Å²) in [7, 11) is 0. The largest absolute Gasteiger partial charge is 0.507 e. The summed E-state index contributed by atoms with van der Waals surface area (Å²) < 4.78 is 13.6. The van der Waals surface area contributed by atoms with E-state index in [4.69, 9.17) is 0 Å². The molecule has 2 N–H and O–H groups in total. The molecular weight excluding hydrogens is 325 g/mol. The van der Waals surface area contributed by atoms with E-state index in [1.807, 2.05) is 30.3 Å². The molecule has 0 saturated carbocycles. The van der Waals surface area contributed by atoms with Gasteiger partial charge in [0.15, 0.2) is 5.78 Å². The Morgan fingerprint density at radius 3 is 2.71 bits per heavy atom. The Hall–Kier alpha value is -2.66. The topological polar surface area (TPSA) is 49.3 Å². The molecule has 120 valence electrons. The predicted molar refractivity (Wildman–Crippen MR) is 93.4 cm³/mol. The smallest absolute Gasteiger partial charge is 0.175 e. The summed E-state index contributed by atoms with van der Waals surface area (Å²) in [5.41, 5.74) is 2.39. The second kappa shape index (κ2) is 5.76. The van der Waals surface area contributed by atoms with E-state index >= 15 is 0 Å². The van der Waals surface area contributed by atoms with E-state index in [1.54, 1.807) is 5.38 Å². The Morgan fingerprint density at radius 2 is 1.92 bits per heavy atom. The first-order valence-corrected chi connectivity index (χ1v) is 8.46. The number of carbonyl (C=O) groups excluding carboxylic acids is 1. The summed E-state index contributed by atoms with van der Waals surface area (Å²) in [5, 5.41) is 15.9. The lowest BCUT2D eigenvalue weighted by Crippen LogP contribution is -2.27. The molecule has 4 rings (SSSR count). The molecule has 0 saturated heterocycles. The molecule has 1 unspecified atom stereocenters. The molecule has 1 aliphatic rings. The normalized spacial score (nSPS) is 16.5. The monoisotopic (exact) mass is 339 g/mol. The second-order valence-corrected chi connectivity index (χ2v) is 6.60. The maximum Gasteiger partial charge on any atom is 0.175 e. The fourth-order valence-electron chi connectivity index (χ4n) is 3.07. The molecule has 24 heavy (non-hydrogen) atoms. The van der Waals surface area contributed by atoms with E-state index < -0.39 is 5.82 Å². The average Bonchev–Trinajstić information content (AvgIpc) is 3.03. The summed E-state index contributed by atoms with van der Waals surface area (Å²) in [4.78, 5) is 13.1. The molecule has 2 heterocycles. The van der Waals surface area contributed by atoms with Gasteiger partial charge in [0.05, 0.1) is 16.5 Å². The molecule has 0 radical (unpaired) electrons. The molecular formula is C19H14FNO2S. The van der Waals surface area contributed by atoms with Gasteiger partial charge in [-0.3, -0.25) is 4.79 Å². The number of hydrogen-bond acceptors (Lipinski definition) is 4. The Kier molecular flexibility index (Phi) is 3.58. The number of carbonyl (C=O) groups is 1. The van der Waals surface area contributed by atoms with Crippen molar-refractivity contribution in [2.24, 2.45) is 0 Å². The van der Waals surface area contributed by atoms with Crippen LogP contribution in [0.5, 0.6) is 5.75 Å². The predicted octanol–water partition coefficient (Wildman–Crippen LogP) is 4.65. The third-order valence-corrected chi connectivity index (χ3v) is 5.21. The summed E-state index contributed by atoms with van der Waals surface area (Å²) in [6.07, 6.45) is 0. The molecule has 0 amide bonds. The third-order valence-electron chi connectivity index (χ3n) is 4.27. The Morgan fingerprint density at radius 1 is 1.12 bits per heavy atom. The van der Waals surface area contributed by atoms with Crippen LogP contribution in [0.1, 0.15) is 21.8 Å². The lowest BCUT2D eigenvalue weighted by molar-refractivity contribution is 0.0961. The quantitative estimate of drug-likeness (QED) is 0.714. The first-order valence-electron chi connectivity index (χ1n) is 7.58. The van der Waals surface area contributed by atoms with Gasteiger partial charge in [-0.05, 0) is 23.8 Å². The number of thiophene rings is 1. The maximum atomic E-state index is 13.6. The van der Waals surface area contributed by atoms with Gasteiger partial charge in [-0.25, -0.2) is 4.39 Å². The summed E-state index contributed by atoms with van der Waals surface area (Å²) in [5.74, 6) is -0.775. The minimum atomic E-state index is -0.446. The van der Waals surface area contributed by atoms with Crippen molar-refractivity contribution in [2.45, 2.75) is 5.92 Å². The Balaban J connectivity index is 1.82. The van der Waals surface area contributed by atoms with Crippen molar-refractivity contribution in [1.82, 2.24) is 0 Å². The second-order valence-electron chi connectivity index (χ2n) is 5.72. The van der Waals surface area contributed by atoms with Crippen LogP contribution in [0.4, 0.5) is 9.39 Å². The van der Waals surface area contributed by atoms with Crippen molar-refractivity contribution in [2.75, 3.05) is 11.9 Å². The van der Waals surface area contributed by atoms with E-state index in [-0.39, 0.29) is 17.5 Å². The number of phenolic OH excluding ortho intramolecular Hbond substituents is 1. The van der Waals surface area contributed by atoms with Gasteiger partial charge in [-0.1, -0.05) is 30.3 Å². The number of anilines is 1. The van der Waals surface area contributed by atoms with Gasteiger partial charge >= 0.3 is 0 Å². The standard InChI is InChI=1S/C19H14FNO2S/c20-12-6-7-16(22)13(8-12)15-10-24-19-17(15)18(23)14(9-21-19)11-4-2-1-3-5-11/h1-8,10,14,21-22H,9H2. The summed E-state index contributed by atoms with van der Waals surface area (Å²) in [6, 6.07) is 13.4. The van der Waals surface area contributed by atoms with Gasteiger partial charge in [0.1, 0.15) is 11.6 Å². The molecule has 0 spiro atoms. The molecule has 0 fully saturated rings. The van der Waals surface area contributed by atoms with E-state index in [9.17, 15) is 14.3 Å². The lowest BCUT2D eigenvalue weighted by atomic mass is 9.86. The molecule has 2 aromatic carbocycles. The van der Waals surface area contributed by atoms with Crippen LogP contribution in [0.25, 0.3) is 11.1 Å². The van der Waals surface area contributed by atoms with Gasteiger partial charge in [0.2, 0.25) is 0 Å². The van der Waals surface area contributed by atoms with Crippen LogP contribution in [0.2, 0.25) is 0 Å². The number of fused-ring (bicyclic) bond motifs is 1. The lowest BCUT2D eigenvalue weighted by Gasteiger charge is -2.24. The molecule has 0 aliphatic carbocycles. The Labute approximate surface area is 142 Å². The van der Waals surface area contributed by atoms with Crippen LogP contribution in [0.15, 0.2) is 53.9 Å². The number of ketones is 1. The van der Waals surface area contributed by atoms with Crippen molar-refractivity contribution in [3.05, 3.63) is 70.9 Å². The fourth-order valence-corrected chi connectivity index (χ4v) is 4.05. The van der Waals surface area contributed by atoms with Crippen LogP contribution in [-0.2, 0) is 0 Å². The highest BCUT2D eigenvalue weighted by Crippen LogP contribution is 2.44. The SMILES string of the molecule is O=C1c2c(-c3cc(F)ccc3O)csc2NCC1c1ccccc1. The van der Waals surface area contributed by atoms with Crippen molar-refractivity contribution in [1.29, 1.82) is 0 Å². The zero-order valence-corrected chi connectivity index (χ0v) is 13.4. The van der Waals surface area contributed by atoms with Crippen LogP contribution in [0.3, 0.4) is 0 Å². The zero-order chi connectivity index (χ0) is 16.7. The highest BCUT2D eigenvalue weighted by molar-refractivity contribution is 7.15. The first kappa shape index (κ1) is 14.9. The van der Waals surface area contributed by atoms with Gasteiger partial charge in [0.25, 0.3) is 0 Å². The molecule has 1 aliphatic heterocycles. The fraction of sp³-hybridized carbons (Fsp3) is 0.105. The summed E-state index contributed by atoms with van der Waals surface area (Å²) >= 11 is 1.40. The average molecular weight is 339 g/mol. The van der Waals surface area contributed by atoms with E-state index in [0.29, 0.717) is 23.2 Å². The van der Waals surface area contributed by atoms with Crippen molar-refractivity contribution in [3.63, 3.8) is 0 Å². The Bertz CT molecular complexity index is 920. The van der Waals surface area contributed by atoms with Gasteiger partial charge < -0.3 is 10.4 Å². The van der Waals surface area contributed by atoms with E-state index in [2.05, 4.69) is 5.32 Å².